The number of carbonyl (C=O) groups excluding carboxylic acids is 1. The summed E-state index contributed by atoms with van der Waals surface area (Å²) in [7, 11) is 0. The van der Waals surface area contributed by atoms with Crippen LogP contribution in [0.25, 0.3) is 0 Å². The molecule has 0 aromatic heterocycles. The first-order chi connectivity index (χ1) is 11.1. The van der Waals surface area contributed by atoms with Crippen molar-refractivity contribution in [3.63, 3.8) is 0 Å². The second kappa shape index (κ2) is 6.69. The fourth-order valence-corrected chi connectivity index (χ4v) is 2.96. The molecule has 3 rings (SSSR count). The highest BCUT2D eigenvalue weighted by Crippen LogP contribution is 2.30. The van der Waals surface area contributed by atoms with E-state index in [1.54, 1.807) is 18.2 Å². The van der Waals surface area contributed by atoms with Gasteiger partial charge in [-0.05, 0) is 36.6 Å². The molecule has 1 amide bonds. The predicted molar refractivity (Wildman–Crippen MR) is 89.6 cm³/mol. The van der Waals surface area contributed by atoms with Gasteiger partial charge in [0.2, 0.25) is 5.91 Å². The van der Waals surface area contributed by atoms with Crippen molar-refractivity contribution in [1.29, 1.82) is 0 Å². The van der Waals surface area contributed by atoms with E-state index in [2.05, 4.69) is 5.32 Å². The van der Waals surface area contributed by atoms with Crippen LogP contribution in [-0.4, -0.2) is 19.0 Å². The molecule has 0 radical (unpaired) electrons. The monoisotopic (exact) mass is 313 g/mol. The Kier molecular flexibility index (Phi) is 4.46. The van der Waals surface area contributed by atoms with Crippen LogP contribution in [0.15, 0.2) is 42.5 Å². The lowest BCUT2D eigenvalue weighted by Crippen LogP contribution is -2.39. The molecule has 0 spiro atoms. The van der Waals surface area contributed by atoms with Crippen molar-refractivity contribution in [2.24, 2.45) is 0 Å². The summed E-state index contributed by atoms with van der Waals surface area (Å²) in [5, 5.41) is 2.78. The largest absolute Gasteiger partial charge is 0.398 e. The van der Waals surface area contributed by atoms with Gasteiger partial charge in [0.1, 0.15) is 5.82 Å². The number of hydrogen-bond donors (Lipinski definition) is 2. The smallest absolute Gasteiger partial charge is 0.239 e. The molecule has 0 bridgehead atoms. The van der Waals surface area contributed by atoms with Gasteiger partial charge in [-0.3, -0.25) is 4.79 Å². The van der Waals surface area contributed by atoms with E-state index in [-0.39, 0.29) is 24.8 Å². The van der Waals surface area contributed by atoms with Crippen LogP contribution in [0.2, 0.25) is 0 Å². The molecule has 120 valence electrons. The van der Waals surface area contributed by atoms with Crippen molar-refractivity contribution in [1.82, 2.24) is 5.32 Å². The summed E-state index contributed by atoms with van der Waals surface area (Å²) in [6.45, 7) is 1.28. The van der Waals surface area contributed by atoms with Gasteiger partial charge in [-0.25, -0.2) is 4.39 Å². The van der Waals surface area contributed by atoms with Crippen LogP contribution in [0, 0.1) is 5.82 Å². The Bertz CT molecular complexity index is 717. The lowest BCUT2D eigenvalue weighted by Gasteiger charge is -2.31. The van der Waals surface area contributed by atoms with Gasteiger partial charge in [0.25, 0.3) is 0 Å². The number of anilines is 2. The number of amides is 1. The third-order valence-corrected chi connectivity index (χ3v) is 4.15. The number of halogens is 1. The zero-order chi connectivity index (χ0) is 16.2. The Balaban J connectivity index is 1.63. The number of hydrogen-bond acceptors (Lipinski definition) is 3. The van der Waals surface area contributed by atoms with Crippen LogP contribution < -0.4 is 16.0 Å². The Labute approximate surface area is 135 Å². The Morgan fingerprint density at radius 1 is 1.22 bits per heavy atom. The van der Waals surface area contributed by atoms with E-state index >= 15 is 0 Å². The van der Waals surface area contributed by atoms with Gasteiger partial charge in [-0.2, -0.15) is 0 Å². The molecule has 0 aliphatic carbocycles. The van der Waals surface area contributed by atoms with Gasteiger partial charge >= 0.3 is 0 Å². The molecule has 1 aliphatic rings. The highest BCUT2D eigenvalue weighted by atomic mass is 19.1. The molecular weight excluding hydrogens is 293 g/mol. The van der Waals surface area contributed by atoms with Gasteiger partial charge in [0, 0.05) is 30.0 Å². The number of nitrogens with two attached hydrogens (primary N) is 1. The van der Waals surface area contributed by atoms with Crippen molar-refractivity contribution in [2.75, 3.05) is 23.7 Å². The van der Waals surface area contributed by atoms with Crippen LogP contribution >= 0.6 is 0 Å². The summed E-state index contributed by atoms with van der Waals surface area (Å²) in [4.78, 5) is 14.2. The lowest BCUT2D eigenvalue weighted by molar-refractivity contribution is -0.119. The third kappa shape index (κ3) is 3.44. The fourth-order valence-electron chi connectivity index (χ4n) is 2.96. The summed E-state index contributed by atoms with van der Waals surface area (Å²) < 4.78 is 13.6. The average Bonchev–Trinajstić information content (AvgIpc) is 2.55. The van der Waals surface area contributed by atoms with Gasteiger partial charge in [0.05, 0.1) is 6.54 Å². The highest BCUT2D eigenvalue weighted by Gasteiger charge is 2.20. The molecule has 2 aromatic carbocycles. The maximum absolute atomic E-state index is 13.6. The SMILES string of the molecule is Nc1cccc2c1CCCN2CC(=O)NCc1ccccc1F. The van der Waals surface area contributed by atoms with Crippen molar-refractivity contribution in [3.8, 4) is 0 Å². The summed E-state index contributed by atoms with van der Waals surface area (Å²) >= 11 is 0. The molecule has 0 saturated carbocycles. The predicted octanol–water partition coefficient (Wildman–Crippen LogP) is 2.48. The van der Waals surface area contributed by atoms with Crippen molar-refractivity contribution in [3.05, 3.63) is 59.4 Å². The van der Waals surface area contributed by atoms with Crippen LogP contribution in [0.5, 0.6) is 0 Å². The second-order valence-corrected chi connectivity index (χ2v) is 5.74. The standard InChI is InChI=1S/C18H20FN3O/c19-15-7-2-1-5-13(15)11-21-18(23)12-22-10-4-6-14-16(20)8-3-9-17(14)22/h1-3,5,7-9H,4,6,10-12,20H2,(H,21,23). The number of nitrogens with one attached hydrogen (secondary N) is 1. The minimum Gasteiger partial charge on any atom is -0.398 e. The van der Waals surface area contributed by atoms with Gasteiger partial charge < -0.3 is 16.0 Å². The number of benzene rings is 2. The van der Waals surface area contributed by atoms with E-state index in [0.717, 1.165) is 36.3 Å². The Morgan fingerprint density at radius 3 is 2.87 bits per heavy atom. The zero-order valence-corrected chi connectivity index (χ0v) is 12.9. The van der Waals surface area contributed by atoms with E-state index in [1.807, 2.05) is 23.1 Å². The number of nitrogens with zero attached hydrogens (tertiary/aromatic N) is 1. The van der Waals surface area contributed by atoms with Crippen molar-refractivity contribution in [2.45, 2.75) is 19.4 Å². The maximum Gasteiger partial charge on any atom is 0.239 e. The van der Waals surface area contributed by atoms with E-state index in [0.29, 0.717) is 5.56 Å². The quantitative estimate of drug-likeness (QED) is 0.853. The number of carbonyl (C=O) groups is 1. The molecule has 0 fully saturated rings. The highest BCUT2D eigenvalue weighted by molar-refractivity contribution is 5.82. The van der Waals surface area contributed by atoms with E-state index in [4.69, 9.17) is 5.73 Å². The molecule has 23 heavy (non-hydrogen) atoms. The second-order valence-electron chi connectivity index (χ2n) is 5.74. The Morgan fingerprint density at radius 2 is 2.04 bits per heavy atom. The van der Waals surface area contributed by atoms with Gasteiger partial charge in [0.15, 0.2) is 0 Å². The van der Waals surface area contributed by atoms with Gasteiger partial charge in [-0.1, -0.05) is 24.3 Å². The normalized spacial score (nSPS) is 13.5. The fraction of sp³-hybridized carbons (Fsp3) is 0.278. The van der Waals surface area contributed by atoms with Crippen LogP contribution in [0.1, 0.15) is 17.5 Å². The molecular formula is C18H20FN3O. The first kappa shape index (κ1) is 15.3. The van der Waals surface area contributed by atoms with Crippen molar-refractivity contribution >= 4 is 17.3 Å². The van der Waals surface area contributed by atoms with Crippen LogP contribution in [0.4, 0.5) is 15.8 Å². The number of rotatable bonds is 4. The number of fused-ring (bicyclic) bond motifs is 1. The zero-order valence-electron chi connectivity index (χ0n) is 12.9. The molecule has 0 atom stereocenters. The van der Waals surface area contributed by atoms with Crippen LogP contribution in [-0.2, 0) is 17.8 Å². The minimum atomic E-state index is -0.302. The minimum absolute atomic E-state index is 0.122. The lowest BCUT2D eigenvalue weighted by atomic mass is 10.00. The average molecular weight is 313 g/mol. The van der Waals surface area contributed by atoms with Gasteiger partial charge in [-0.15, -0.1) is 0 Å². The summed E-state index contributed by atoms with van der Waals surface area (Å²) in [6, 6.07) is 12.3. The molecule has 4 nitrogen and oxygen atoms in total. The molecule has 5 heteroatoms. The van der Waals surface area contributed by atoms with Crippen LogP contribution in [0.3, 0.4) is 0 Å². The molecule has 0 unspecified atom stereocenters. The molecule has 2 aromatic rings. The van der Waals surface area contributed by atoms with E-state index in [1.165, 1.54) is 6.07 Å². The number of nitrogen functional groups attached to an aromatic ring is 1. The third-order valence-electron chi connectivity index (χ3n) is 4.15. The van der Waals surface area contributed by atoms with E-state index in [9.17, 15) is 9.18 Å². The maximum atomic E-state index is 13.6. The molecule has 1 aliphatic heterocycles. The first-order valence-electron chi connectivity index (χ1n) is 7.77. The topological polar surface area (TPSA) is 58.4 Å². The summed E-state index contributed by atoms with van der Waals surface area (Å²) in [6.07, 6.45) is 1.91. The molecule has 1 heterocycles. The first-order valence-corrected chi connectivity index (χ1v) is 7.77. The van der Waals surface area contributed by atoms with Crippen molar-refractivity contribution < 1.29 is 9.18 Å². The van der Waals surface area contributed by atoms with E-state index < -0.39 is 0 Å². The molecule has 3 N–H and O–H groups in total. The summed E-state index contributed by atoms with van der Waals surface area (Å²) in [5.74, 6) is -0.424. The Hall–Kier alpha value is -2.56. The summed E-state index contributed by atoms with van der Waals surface area (Å²) in [5.41, 5.74) is 9.42. The molecule has 0 saturated heterocycles.